The molecular weight excluding hydrogens is 233 g/mol. The highest BCUT2D eigenvalue weighted by molar-refractivity contribution is 6.42. The molecule has 1 saturated heterocycles. The second kappa shape index (κ2) is 3.39. The van der Waals surface area contributed by atoms with Crippen LogP contribution in [0.4, 0.5) is 0 Å². The zero-order chi connectivity index (χ0) is 11.2. The van der Waals surface area contributed by atoms with Crippen LogP contribution >= 0.6 is 23.2 Å². The number of benzene rings is 1. The minimum Gasteiger partial charge on any atom is -0.329 e. The van der Waals surface area contributed by atoms with Gasteiger partial charge in [-0.1, -0.05) is 23.2 Å². The highest BCUT2D eigenvalue weighted by Crippen LogP contribution is 2.33. The van der Waals surface area contributed by atoms with Crippen LogP contribution in [0.1, 0.15) is 24.2 Å². The van der Waals surface area contributed by atoms with E-state index in [4.69, 9.17) is 23.2 Å². The molecule has 1 amide bonds. The zero-order valence-corrected chi connectivity index (χ0v) is 10.1. The topological polar surface area (TPSA) is 20.1 Å². The molecule has 1 aromatic rings. The van der Waals surface area contributed by atoms with Crippen LogP contribution in [-0.2, 0) is 0 Å². The molecule has 80 valence electrons. The molecule has 0 N–H and O–H groups in total. The second-order valence-corrected chi connectivity index (χ2v) is 5.15. The summed E-state index contributed by atoms with van der Waals surface area (Å²) in [7, 11) is 0. The predicted molar refractivity (Wildman–Crippen MR) is 61.6 cm³/mol. The van der Waals surface area contributed by atoms with E-state index in [9.17, 15) is 4.79 Å². The molecule has 2 rings (SSSR count). The molecule has 1 fully saturated rings. The third-order valence-electron chi connectivity index (χ3n) is 2.58. The number of hydrogen-bond donors (Lipinski definition) is 0. The van der Waals surface area contributed by atoms with Crippen molar-refractivity contribution in [3.05, 3.63) is 33.8 Å². The third kappa shape index (κ3) is 1.97. The number of hydrogen-bond acceptors (Lipinski definition) is 1. The summed E-state index contributed by atoms with van der Waals surface area (Å²) in [5.41, 5.74) is 0.582. The molecule has 4 heteroatoms. The van der Waals surface area contributed by atoms with Gasteiger partial charge in [-0.25, -0.2) is 0 Å². The smallest absolute Gasteiger partial charge is 0.254 e. The van der Waals surface area contributed by atoms with E-state index >= 15 is 0 Å². The number of rotatable bonds is 1. The van der Waals surface area contributed by atoms with E-state index in [1.54, 1.807) is 23.1 Å². The summed E-state index contributed by atoms with van der Waals surface area (Å²) in [5.74, 6) is 0.0126. The number of amides is 1. The monoisotopic (exact) mass is 243 g/mol. The van der Waals surface area contributed by atoms with Gasteiger partial charge in [-0.2, -0.15) is 0 Å². The largest absolute Gasteiger partial charge is 0.329 e. The fourth-order valence-corrected chi connectivity index (χ4v) is 1.78. The van der Waals surface area contributed by atoms with Gasteiger partial charge in [0.1, 0.15) is 0 Å². The summed E-state index contributed by atoms with van der Waals surface area (Å²) in [6.45, 7) is 4.86. The maximum absolute atomic E-state index is 11.9. The Hall–Kier alpha value is -0.730. The van der Waals surface area contributed by atoms with E-state index in [1.165, 1.54) is 0 Å². The number of carbonyl (C=O) groups excluding carboxylic acids is 1. The van der Waals surface area contributed by atoms with Gasteiger partial charge in [0, 0.05) is 12.1 Å². The Morgan fingerprint density at radius 2 is 1.93 bits per heavy atom. The first-order valence-electron chi connectivity index (χ1n) is 4.69. The third-order valence-corrected chi connectivity index (χ3v) is 3.32. The molecule has 0 atom stereocenters. The van der Waals surface area contributed by atoms with Crippen LogP contribution in [0.15, 0.2) is 18.2 Å². The predicted octanol–water partition coefficient (Wildman–Crippen LogP) is 3.23. The van der Waals surface area contributed by atoms with Crippen molar-refractivity contribution in [2.24, 2.45) is 0 Å². The summed E-state index contributed by atoms with van der Waals surface area (Å²) in [6.07, 6.45) is 0. The molecule has 0 saturated carbocycles. The van der Waals surface area contributed by atoms with E-state index in [0.29, 0.717) is 15.6 Å². The lowest BCUT2D eigenvalue weighted by Crippen LogP contribution is -2.17. The molecule has 0 aromatic heterocycles. The minimum absolute atomic E-state index is 0.0107. The molecule has 1 aromatic carbocycles. The highest BCUT2D eigenvalue weighted by atomic mass is 35.5. The molecule has 15 heavy (non-hydrogen) atoms. The Morgan fingerprint density at radius 1 is 1.33 bits per heavy atom. The fourth-order valence-electron chi connectivity index (χ4n) is 1.48. The Bertz CT molecular complexity index is 429. The first-order valence-corrected chi connectivity index (χ1v) is 5.44. The van der Waals surface area contributed by atoms with Gasteiger partial charge in [0.25, 0.3) is 5.91 Å². The standard InChI is InChI=1S/C11H11Cl2NO/c1-11(2)6-14(11)10(15)7-3-4-8(12)9(13)5-7/h3-5H,6H2,1-2H3. The Labute approximate surface area is 98.8 Å². The van der Waals surface area contributed by atoms with Gasteiger partial charge >= 0.3 is 0 Å². The lowest BCUT2D eigenvalue weighted by atomic mass is 10.2. The van der Waals surface area contributed by atoms with Gasteiger partial charge in [0.2, 0.25) is 0 Å². The van der Waals surface area contributed by atoms with Crippen LogP contribution in [0.5, 0.6) is 0 Å². The van der Waals surface area contributed by atoms with Crippen molar-refractivity contribution in [2.75, 3.05) is 6.54 Å². The molecule has 2 nitrogen and oxygen atoms in total. The van der Waals surface area contributed by atoms with Crippen molar-refractivity contribution in [1.82, 2.24) is 4.90 Å². The number of halogens is 2. The second-order valence-electron chi connectivity index (χ2n) is 4.33. The molecule has 0 unspecified atom stereocenters. The molecule has 1 aliphatic rings. The van der Waals surface area contributed by atoms with Crippen molar-refractivity contribution >= 4 is 29.1 Å². The first-order chi connectivity index (χ1) is 6.92. The van der Waals surface area contributed by atoms with Gasteiger partial charge in [-0.3, -0.25) is 4.79 Å². The molecule has 0 bridgehead atoms. The van der Waals surface area contributed by atoms with Crippen LogP contribution in [-0.4, -0.2) is 22.9 Å². The van der Waals surface area contributed by atoms with Crippen molar-refractivity contribution in [2.45, 2.75) is 19.4 Å². The van der Waals surface area contributed by atoms with Crippen LogP contribution in [0, 0.1) is 0 Å². The van der Waals surface area contributed by atoms with Crippen molar-refractivity contribution in [1.29, 1.82) is 0 Å². The van der Waals surface area contributed by atoms with Crippen molar-refractivity contribution in [3.8, 4) is 0 Å². The summed E-state index contributed by atoms with van der Waals surface area (Å²) in [6, 6.07) is 4.96. The average Bonchev–Trinajstić information content (AvgIpc) is 2.79. The highest BCUT2D eigenvalue weighted by Gasteiger charge is 2.46. The number of carbonyl (C=O) groups is 1. The summed E-state index contributed by atoms with van der Waals surface area (Å²) >= 11 is 11.6. The van der Waals surface area contributed by atoms with Crippen LogP contribution < -0.4 is 0 Å². The number of nitrogens with zero attached hydrogens (tertiary/aromatic N) is 1. The normalized spacial score (nSPS) is 17.7. The molecule has 1 aliphatic heterocycles. The van der Waals surface area contributed by atoms with E-state index < -0.39 is 0 Å². The fraction of sp³-hybridized carbons (Fsp3) is 0.364. The van der Waals surface area contributed by atoms with Gasteiger partial charge in [-0.05, 0) is 32.0 Å². The summed E-state index contributed by atoms with van der Waals surface area (Å²) in [5, 5.41) is 0.889. The zero-order valence-electron chi connectivity index (χ0n) is 8.55. The van der Waals surface area contributed by atoms with Crippen LogP contribution in [0.2, 0.25) is 10.0 Å². The van der Waals surface area contributed by atoms with E-state index in [1.807, 2.05) is 13.8 Å². The maximum Gasteiger partial charge on any atom is 0.254 e. The van der Waals surface area contributed by atoms with E-state index in [-0.39, 0.29) is 11.4 Å². The first kappa shape index (κ1) is 10.8. The summed E-state index contributed by atoms with van der Waals surface area (Å²) in [4.78, 5) is 13.7. The Balaban J connectivity index is 2.24. The maximum atomic E-state index is 11.9. The summed E-state index contributed by atoms with van der Waals surface area (Å²) < 4.78 is 0. The van der Waals surface area contributed by atoms with Gasteiger partial charge in [0.15, 0.2) is 0 Å². The minimum atomic E-state index is -0.0107. The van der Waals surface area contributed by atoms with Crippen LogP contribution in [0.25, 0.3) is 0 Å². The lowest BCUT2D eigenvalue weighted by molar-refractivity contribution is 0.0861. The van der Waals surface area contributed by atoms with Crippen molar-refractivity contribution in [3.63, 3.8) is 0 Å². The average molecular weight is 244 g/mol. The SMILES string of the molecule is CC1(C)CN1C(=O)c1ccc(Cl)c(Cl)c1. The molecule has 1 heterocycles. The Morgan fingerprint density at radius 3 is 2.40 bits per heavy atom. The van der Waals surface area contributed by atoms with E-state index in [2.05, 4.69) is 0 Å². The van der Waals surface area contributed by atoms with Gasteiger partial charge in [-0.15, -0.1) is 0 Å². The molecular formula is C11H11Cl2NO. The molecule has 0 radical (unpaired) electrons. The molecule has 0 spiro atoms. The molecule has 0 aliphatic carbocycles. The van der Waals surface area contributed by atoms with Crippen molar-refractivity contribution < 1.29 is 4.79 Å². The van der Waals surface area contributed by atoms with Gasteiger partial charge in [0.05, 0.1) is 15.6 Å². The van der Waals surface area contributed by atoms with E-state index in [0.717, 1.165) is 6.54 Å². The Kier molecular flexibility index (Phi) is 2.44. The quantitative estimate of drug-likeness (QED) is 0.694. The van der Waals surface area contributed by atoms with Gasteiger partial charge < -0.3 is 4.90 Å². The lowest BCUT2D eigenvalue weighted by Gasteiger charge is -2.07. The van der Waals surface area contributed by atoms with Crippen LogP contribution in [0.3, 0.4) is 0 Å².